The summed E-state index contributed by atoms with van der Waals surface area (Å²) >= 11 is 0. The molecule has 0 aliphatic carbocycles. The van der Waals surface area contributed by atoms with Crippen LogP contribution in [-0.4, -0.2) is 65.7 Å². The lowest BCUT2D eigenvalue weighted by Gasteiger charge is -2.47. The molecule has 3 heterocycles. The first-order valence-electron chi connectivity index (χ1n) is 11.0. The van der Waals surface area contributed by atoms with Crippen molar-refractivity contribution in [2.45, 2.75) is 49.9 Å². The normalized spacial score (nSPS) is 19.4. The van der Waals surface area contributed by atoms with Crippen molar-refractivity contribution in [3.8, 4) is 5.75 Å². The number of carboxylic acid groups (broad SMARTS) is 1. The second-order valence-electron chi connectivity index (χ2n) is 8.93. The minimum atomic E-state index is -5.08. The quantitative estimate of drug-likeness (QED) is 0.700. The predicted octanol–water partition coefficient (Wildman–Crippen LogP) is 4.29. The molecule has 1 aromatic carbocycles. The van der Waals surface area contributed by atoms with Gasteiger partial charge in [-0.3, -0.25) is 9.69 Å². The van der Waals surface area contributed by atoms with Crippen molar-refractivity contribution in [2.24, 2.45) is 0 Å². The second kappa shape index (κ2) is 10.5. The molecule has 1 saturated heterocycles. The second-order valence-corrected chi connectivity index (χ2v) is 8.93. The molecule has 2 aromatic rings. The Labute approximate surface area is 196 Å². The zero-order chi connectivity index (χ0) is 24.9. The molecule has 2 aliphatic rings. The van der Waals surface area contributed by atoms with Gasteiger partial charge in [-0.25, -0.2) is 4.79 Å². The van der Waals surface area contributed by atoms with Crippen LogP contribution in [0.5, 0.6) is 5.75 Å². The number of nitrogens with zero attached hydrogens (tertiary/aromatic N) is 2. The van der Waals surface area contributed by atoms with Gasteiger partial charge in [0.1, 0.15) is 11.4 Å². The predicted molar refractivity (Wildman–Crippen MR) is 117 cm³/mol. The Kier molecular flexibility index (Phi) is 7.91. The number of ether oxygens (including phenoxy) is 1. The standard InChI is InChI=1S/C22H28N2O3.C2HF3O2/c1-23(2)21(25)13-18-14-22(27-20-6-4-3-5-19(18)20)8-10-24(11-9-22)15-17-7-12-26-16-17;3-2(4,5)1(6)7/h3-7,12,16,18H,8-11,13-15H2,1-2H3;(H,6,7). The van der Waals surface area contributed by atoms with Gasteiger partial charge in [-0.1, -0.05) is 18.2 Å². The fourth-order valence-corrected chi connectivity index (χ4v) is 4.39. The molecular weight excluding hydrogens is 453 g/mol. The topological polar surface area (TPSA) is 83.2 Å². The summed E-state index contributed by atoms with van der Waals surface area (Å²) in [6.45, 7) is 2.93. The molecular formula is C24H29F3N2O5. The van der Waals surface area contributed by atoms with Crippen molar-refractivity contribution >= 4 is 11.9 Å². The van der Waals surface area contributed by atoms with Gasteiger partial charge < -0.3 is 19.2 Å². The zero-order valence-corrected chi connectivity index (χ0v) is 19.2. The molecule has 1 spiro atoms. The number of carbonyl (C=O) groups excluding carboxylic acids is 1. The highest BCUT2D eigenvalue weighted by Crippen LogP contribution is 2.46. The first-order chi connectivity index (χ1) is 16.0. The number of aliphatic carboxylic acids is 1. The maximum absolute atomic E-state index is 12.4. The average Bonchev–Trinajstić information content (AvgIpc) is 3.28. The molecule has 0 bridgehead atoms. The van der Waals surface area contributed by atoms with Crippen LogP contribution in [0, 0.1) is 0 Å². The Morgan fingerprint density at radius 3 is 2.38 bits per heavy atom. The van der Waals surface area contributed by atoms with Crippen molar-refractivity contribution in [3.05, 3.63) is 54.0 Å². The Morgan fingerprint density at radius 1 is 1.18 bits per heavy atom. The van der Waals surface area contributed by atoms with E-state index in [-0.39, 0.29) is 17.4 Å². The minimum Gasteiger partial charge on any atom is -0.487 e. The van der Waals surface area contributed by atoms with Crippen molar-refractivity contribution in [1.82, 2.24) is 9.80 Å². The number of piperidine rings is 1. The molecule has 0 saturated carbocycles. The van der Waals surface area contributed by atoms with Crippen LogP contribution in [0.25, 0.3) is 0 Å². The summed E-state index contributed by atoms with van der Waals surface area (Å²) < 4.78 is 43.5. The molecule has 1 aromatic heterocycles. The van der Waals surface area contributed by atoms with Gasteiger partial charge in [0, 0.05) is 51.6 Å². The van der Waals surface area contributed by atoms with E-state index in [2.05, 4.69) is 17.0 Å². The zero-order valence-electron chi connectivity index (χ0n) is 19.2. The van der Waals surface area contributed by atoms with E-state index >= 15 is 0 Å². The van der Waals surface area contributed by atoms with Crippen LogP contribution in [0.1, 0.15) is 42.7 Å². The number of fused-ring (bicyclic) bond motifs is 1. The largest absolute Gasteiger partial charge is 0.490 e. The number of rotatable bonds is 4. The number of alkyl halides is 3. The Hall–Kier alpha value is -3.01. The van der Waals surface area contributed by atoms with E-state index in [0.29, 0.717) is 6.42 Å². The van der Waals surface area contributed by atoms with Crippen molar-refractivity contribution < 1.29 is 37.0 Å². The molecule has 1 amide bonds. The third-order valence-corrected chi connectivity index (χ3v) is 6.22. The lowest BCUT2D eigenvalue weighted by atomic mass is 9.76. The summed E-state index contributed by atoms with van der Waals surface area (Å²) in [5.41, 5.74) is 2.24. The number of hydrogen-bond acceptors (Lipinski definition) is 5. The summed E-state index contributed by atoms with van der Waals surface area (Å²) in [4.78, 5) is 25.4. The number of furan rings is 1. The SMILES string of the molecule is CN(C)C(=O)CC1CC2(CCN(Cc3ccoc3)CC2)Oc2ccccc21.O=C(O)C(F)(F)F. The maximum Gasteiger partial charge on any atom is 0.490 e. The van der Waals surface area contributed by atoms with Crippen LogP contribution < -0.4 is 4.74 Å². The van der Waals surface area contributed by atoms with Gasteiger partial charge in [0.25, 0.3) is 0 Å². The van der Waals surface area contributed by atoms with Crippen LogP contribution in [0.3, 0.4) is 0 Å². The number of carboxylic acids is 1. The summed E-state index contributed by atoms with van der Waals surface area (Å²) in [5, 5.41) is 7.12. The fourth-order valence-electron chi connectivity index (χ4n) is 4.39. The number of hydrogen-bond donors (Lipinski definition) is 1. The van der Waals surface area contributed by atoms with Crippen LogP contribution in [0.15, 0.2) is 47.3 Å². The van der Waals surface area contributed by atoms with E-state index < -0.39 is 12.1 Å². The van der Waals surface area contributed by atoms with Crippen molar-refractivity contribution in [3.63, 3.8) is 0 Å². The molecule has 186 valence electrons. The lowest BCUT2D eigenvalue weighted by Crippen LogP contribution is -2.50. The highest BCUT2D eigenvalue weighted by atomic mass is 19.4. The Morgan fingerprint density at radius 2 is 1.82 bits per heavy atom. The van der Waals surface area contributed by atoms with Gasteiger partial charge in [-0.05, 0) is 37.0 Å². The molecule has 1 N–H and O–H groups in total. The monoisotopic (exact) mass is 482 g/mol. The molecule has 34 heavy (non-hydrogen) atoms. The number of likely N-dealkylation sites (tertiary alicyclic amines) is 1. The Balaban J connectivity index is 0.000000406. The maximum atomic E-state index is 12.4. The summed E-state index contributed by atoms with van der Waals surface area (Å²) in [6, 6.07) is 10.3. The summed E-state index contributed by atoms with van der Waals surface area (Å²) in [7, 11) is 3.66. The van der Waals surface area contributed by atoms with Crippen LogP contribution in [-0.2, 0) is 16.1 Å². The molecule has 1 atom stereocenters. The number of amides is 1. The van der Waals surface area contributed by atoms with E-state index in [1.165, 1.54) is 11.1 Å². The number of halogens is 3. The highest BCUT2D eigenvalue weighted by Gasteiger charge is 2.43. The number of carbonyl (C=O) groups is 2. The van der Waals surface area contributed by atoms with Crippen LogP contribution in [0.2, 0.25) is 0 Å². The first kappa shape index (κ1) is 25.6. The van der Waals surface area contributed by atoms with E-state index in [4.69, 9.17) is 19.1 Å². The third kappa shape index (κ3) is 6.53. The molecule has 1 fully saturated rings. The molecule has 1 unspecified atom stereocenters. The van der Waals surface area contributed by atoms with Crippen LogP contribution in [0.4, 0.5) is 13.2 Å². The fraction of sp³-hybridized carbons (Fsp3) is 0.500. The average molecular weight is 482 g/mol. The van der Waals surface area contributed by atoms with E-state index in [9.17, 15) is 18.0 Å². The van der Waals surface area contributed by atoms with Crippen molar-refractivity contribution in [2.75, 3.05) is 27.2 Å². The summed E-state index contributed by atoms with van der Waals surface area (Å²) in [5.74, 6) is -1.38. The number of para-hydroxylation sites is 1. The van der Waals surface area contributed by atoms with Crippen LogP contribution >= 0.6 is 0 Å². The molecule has 10 heteroatoms. The van der Waals surface area contributed by atoms with E-state index in [0.717, 1.165) is 44.6 Å². The first-order valence-corrected chi connectivity index (χ1v) is 11.0. The highest BCUT2D eigenvalue weighted by molar-refractivity contribution is 5.76. The van der Waals surface area contributed by atoms with Gasteiger partial charge >= 0.3 is 12.1 Å². The van der Waals surface area contributed by atoms with Gasteiger partial charge in [0.05, 0.1) is 12.5 Å². The molecule has 4 rings (SSSR count). The van der Waals surface area contributed by atoms with Gasteiger partial charge in [0.2, 0.25) is 5.91 Å². The Bertz CT molecular complexity index is 967. The van der Waals surface area contributed by atoms with E-state index in [1.807, 2.05) is 38.6 Å². The minimum absolute atomic E-state index is 0.154. The number of benzene rings is 1. The lowest BCUT2D eigenvalue weighted by molar-refractivity contribution is -0.192. The molecule has 0 radical (unpaired) electrons. The molecule has 7 nitrogen and oxygen atoms in total. The van der Waals surface area contributed by atoms with Gasteiger partial charge in [-0.15, -0.1) is 0 Å². The smallest absolute Gasteiger partial charge is 0.487 e. The van der Waals surface area contributed by atoms with Crippen molar-refractivity contribution in [1.29, 1.82) is 0 Å². The van der Waals surface area contributed by atoms with Gasteiger partial charge in [0.15, 0.2) is 0 Å². The van der Waals surface area contributed by atoms with E-state index in [1.54, 1.807) is 11.2 Å². The molecule has 2 aliphatic heterocycles. The summed E-state index contributed by atoms with van der Waals surface area (Å²) in [6.07, 6.45) is 1.92. The third-order valence-electron chi connectivity index (χ3n) is 6.22. The van der Waals surface area contributed by atoms with Gasteiger partial charge in [-0.2, -0.15) is 13.2 Å².